The van der Waals surface area contributed by atoms with Crippen LogP contribution in [0, 0.1) is 13.8 Å². The van der Waals surface area contributed by atoms with E-state index in [0.29, 0.717) is 6.42 Å². The molecule has 0 amide bonds. The average molecular weight is 270 g/mol. The van der Waals surface area contributed by atoms with Crippen LogP contribution in [0.15, 0.2) is 30.0 Å². The number of carbonyl (C=O) groups is 1. The van der Waals surface area contributed by atoms with Gasteiger partial charge in [-0.25, -0.2) is 0 Å². The van der Waals surface area contributed by atoms with Gasteiger partial charge in [-0.2, -0.15) is 0 Å². The van der Waals surface area contributed by atoms with E-state index in [-0.39, 0.29) is 5.78 Å². The zero-order chi connectivity index (χ0) is 14.1. The maximum Gasteiger partial charge on any atom is 0.157 e. The number of anilines is 1. The predicted octanol–water partition coefficient (Wildman–Crippen LogP) is 2.67. The maximum atomic E-state index is 11.4. The Morgan fingerprint density at radius 3 is 2.30 bits per heavy atom. The first kappa shape index (κ1) is 13.2. The van der Waals surface area contributed by atoms with Gasteiger partial charge in [0.05, 0.1) is 0 Å². The van der Waals surface area contributed by atoms with Crippen molar-refractivity contribution in [2.24, 2.45) is 0 Å². The molecule has 0 bridgehead atoms. The highest BCUT2D eigenvalue weighted by atomic mass is 16.1. The van der Waals surface area contributed by atoms with Gasteiger partial charge in [-0.15, -0.1) is 0 Å². The minimum absolute atomic E-state index is 0.289. The molecule has 0 saturated carbocycles. The number of benzene rings is 1. The van der Waals surface area contributed by atoms with Gasteiger partial charge in [-0.1, -0.05) is 12.1 Å². The summed E-state index contributed by atoms with van der Waals surface area (Å²) in [6.07, 6.45) is 3.47. The van der Waals surface area contributed by atoms with Crippen LogP contribution in [0.4, 0.5) is 5.69 Å². The Morgan fingerprint density at radius 2 is 1.65 bits per heavy atom. The fourth-order valence-corrected chi connectivity index (χ4v) is 3.14. The number of allylic oxidation sites excluding steroid dienone is 2. The van der Waals surface area contributed by atoms with Crippen molar-refractivity contribution < 1.29 is 4.79 Å². The molecular weight excluding hydrogens is 248 g/mol. The van der Waals surface area contributed by atoms with E-state index in [0.717, 1.165) is 32.6 Å². The molecule has 0 atom stereocenters. The van der Waals surface area contributed by atoms with Crippen LogP contribution in [0.25, 0.3) is 0 Å². The van der Waals surface area contributed by atoms with Crippen molar-refractivity contribution in [2.45, 2.75) is 26.7 Å². The van der Waals surface area contributed by atoms with E-state index < -0.39 is 0 Å². The highest BCUT2D eigenvalue weighted by molar-refractivity contribution is 5.92. The van der Waals surface area contributed by atoms with Crippen molar-refractivity contribution in [2.75, 3.05) is 31.1 Å². The van der Waals surface area contributed by atoms with E-state index in [4.69, 9.17) is 0 Å². The highest BCUT2D eigenvalue weighted by Crippen LogP contribution is 2.26. The van der Waals surface area contributed by atoms with E-state index in [9.17, 15) is 4.79 Å². The zero-order valence-electron chi connectivity index (χ0n) is 12.4. The van der Waals surface area contributed by atoms with Gasteiger partial charge in [0.25, 0.3) is 0 Å². The molecule has 3 nitrogen and oxygen atoms in total. The van der Waals surface area contributed by atoms with E-state index in [1.165, 1.54) is 22.5 Å². The first-order chi connectivity index (χ1) is 9.65. The summed E-state index contributed by atoms with van der Waals surface area (Å²) >= 11 is 0. The second-order valence-electron chi connectivity index (χ2n) is 5.80. The Bertz CT molecular complexity index is 554. The lowest BCUT2D eigenvalue weighted by Crippen LogP contribution is -2.45. The number of aryl methyl sites for hydroxylation is 1. The topological polar surface area (TPSA) is 23.6 Å². The molecule has 3 heteroatoms. The summed E-state index contributed by atoms with van der Waals surface area (Å²) in [6, 6.07) is 6.53. The van der Waals surface area contributed by atoms with E-state index in [1.54, 1.807) is 0 Å². The van der Waals surface area contributed by atoms with Crippen LogP contribution >= 0.6 is 0 Å². The lowest BCUT2D eigenvalue weighted by molar-refractivity contribution is -0.114. The lowest BCUT2D eigenvalue weighted by Gasteiger charge is -2.38. The van der Waals surface area contributed by atoms with Crippen molar-refractivity contribution in [1.29, 1.82) is 0 Å². The minimum atomic E-state index is 0.289. The van der Waals surface area contributed by atoms with E-state index in [1.807, 2.05) is 6.08 Å². The van der Waals surface area contributed by atoms with Crippen LogP contribution in [0.1, 0.15) is 24.0 Å². The summed E-state index contributed by atoms with van der Waals surface area (Å²) in [5.74, 6) is 0.289. The number of piperazine rings is 1. The molecule has 1 fully saturated rings. The highest BCUT2D eigenvalue weighted by Gasteiger charge is 2.23. The maximum absolute atomic E-state index is 11.4. The SMILES string of the molecule is Cc1cccc(N2CCN(C3=CC(=O)CC3)CC2)c1C. The predicted molar refractivity (Wildman–Crippen MR) is 82.0 cm³/mol. The second-order valence-corrected chi connectivity index (χ2v) is 5.80. The molecule has 1 heterocycles. The van der Waals surface area contributed by atoms with Crippen molar-refractivity contribution in [3.63, 3.8) is 0 Å². The average Bonchev–Trinajstić information content (AvgIpc) is 2.89. The van der Waals surface area contributed by atoms with Gasteiger partial charge in [-0.05, 0) is 37.5 Å². The fourth-order valence-electron chi connectivity index (χ4n) is 3.14. The smallest absolute Gasteiger partial charge is 0.157 e. The van der Waals surface area contributed by atoms with Crippen molar-refractivity contribution in [3.05, 3.63) is 41.1 Å². The summed E-state index contributed by atoms with van der Waals surface area (Å²) in [7, 11) is 0. The number of nitrogens with zero attached hydrogens (tertiary/aromatic N) is 2. The van der Waals surface area contributed by atoms with Crippen LogP contribution < -0.4 is 4.90 Å². The van der Waals surface area contributed by atoms with Crippen LogP contribution in [-0.2, 0) is 4.79 Å². The third-order valence-electron chi connectivity index (χ3n) is 4.56. The minimum Gasteiger partial charge on any atom is -0.371 e. The van der Waals surface area contributed by atoms with E-state index in [2.05, 4.69) is 41.8 Å². The van der Waals surface area contributed by atoms with Crippen LogP contribution in [0.3, 0.4) is 0 Å². The van der Waals surface area contributed by atoms with Crippen LogP contribution in [0.2, 0.25) is 0 Å². The summed E-state index contributed by atoms with van der Waals surface area (Å²) in [5, 5.41) is 0. The number of carbonyl (C=O) groups excluding carboxylic acids is 1. The number of hydrogen-bond acceptors (Lipinski definition) is 3. The molecule has 0 aromatic heterocycles. The van der Waals surface area contributed by atoms with Crippen LogP contribution in [0.5, 0.6) is 0 Å². The Balaban J connectivity index is 1.68. The Kier molecular flexibility index (Phi) is 3.51. The second kappa shape index (κ2) is 5.31. The molecule has 0 spiro atoms. The van der Waals surface area contributed by atoms with Crippen molar-refractivity contribution in [3.8, 4) is 0 Å². The summed E-state index contributed by atoms with van der Waals surface area (Å²) in [6.45, 7) is 8.49. The van der Waals surface area contributed by atoms with Crippen molar-refractivity contribution in [1.82, 2.24) is 4.90 Å². The molecule has 1 aromatic rings. The third kappa shape index (κ3) is 2.45. The lowest BCUT2D eigenvalue weighted by atomic mass is 10.1. The standard InChI is InChI=1S/C17H22N2O/c1-13-4-3-5-17(14(13)2)19-10-8-18(9-11-19)15-6-7-16(20)12-15/h3-5,12H,6-11H2,1-2H3. The van der Waals surface area contributed by atoms with Gasteiger partial charge in [0.2, 0.25) is 0 Å². The molecule has 0 radical (unpaired) electrons. The molecule has 0 N–H and O–H groups in total. The Hall–Kier alpha value is -1.77. The summed E-state index contributed by atoms with van der Waals surface area (Å²) in [5.41, 5.74) is 5.35. The first-order valence-electron chi connectivity index (χ1n) is 7.44. The van der Waals surface area contributed by atoms with Gasteiger partial charge in [-0.3, -0.25) is 4.79 Å². The van der Waals surface area contributed by atoms with Crippen molar-refractivity contribution >= 4 is 11.5 Å². The molecule has 106 valence electrons. The number of rotatable bonds is 2. The molecule has 3 rings (SSSR count). The Labute approximate surface area is 120 Å². The molecule has 20 heavy (non-hydrogen) atoms. The quantitative estimate of drug-likeness (QED) is 0.825. The summed E-state index contributed by atoms with van der Waals surface area (Å²) in [4.78, 5) is 16.2. The molecule has 0 unspecified atom stereocenters. The summed E-state index contributed by atoms with van der Waals surface area (Å²) < 4.78 is 0. The molecular formula is C17H22N2O. The van der Waals surface area contributed by atoms with Crippen LogP contribution in [-0.4, -0.2) is 36.9 Å². The molecule has 1 aromatic carbocycles. The van der Waals surface area contributed by atoms with Gasteiger partial charge in [0, 0.05) is 50.1 Å². The van der Waals surface area contributed by atoms with Gasteiger partial charge in [0.15, 0.2) is 5.78 Å². The van der Waals surface area contributed by atoms with E-state index >= 15 is 0 Å². The van der Waals surface area contributed by atoms with Gasteiger partial charge in [0.1, 0.15) is 0 Å². The molecule has 1 aliphatic heterocycles. The largest absolute Gasteiger partial charge is 0.371 e. The zero-order valence-corrected chi connectivity index (χ0v) is 12.4. The normalized spacial score (nSPS) is 19.5. The molecule has 2 aliphatic rings. The number of ketones is 1. The Morgan fingerprint density at radius 1 is 0.950 bits per heavy atom. The van der Waals surface area contributed by atoms with Gasteiger partial charge < -0.3 is 9.80 Å². The van der Waals surface area contributed by atoms with Gasteiger partial charge >= 0.3 is 0 Å². The fraction of sp³-hybridized carbons (Fsp3) is 0.471. The molecule has 1 saturated heterocycles. The molecule has 1 aliphatic carbocycles. The number of hydrogen-bond donors (Lipinski definition) is 0. The monoisotopic (exact) mass is 270 g/mol. The first-order valence-corrected chi connectivity index (χ1v) is 7.44. The third-order valence-corrected chi connectivity index (χ3v) is 4.56.